The van der Waals surface area contributed by atoms with Crippen molar-refractivity contribution in [3.8, 4) is 11.5 Å². The van der Waals surface area contributed by atoms with Crippen LogP contribution >= 0.6 is 22.6 Å². The number of rotatable bonds is 6. The Morgan fingerprint density at radius 3 is 2.42 bits per heavy atom. The molecular weight excluding hydrogens is 353 g/mol. The number of para-hydroxylation sites is 3. The largest absolute Gasteiger partial charge is 0.493 e. The molecule has 0 aliphatic carbocycles. The third-order valence-corrected chi connectivity index (χ3v) is 3.56. The molecule has 0 spiro atoms. The number of methoxy groups -OCH3 is 1. The van der Waals surface area contributed by atoms with Crippen molar-refractivity contribution in [2.45, 2.75) is 0 Å². The molecule has 0 fully saturated rings. The number of benzene rings is 2. The molecule has 0 atom stereocenters. The van der Waals surface area contributed by atoms with Gasteiger partial charge in [0.15, 0.2) is 11.5 Å². The predicted octanol–water partition coefficient (Wildman–Crippen LogP) is 3.79. The molecule has 0 aromatic heterocycles. The first-order chi connectivity index (χ1) is 9.31. The molecule has 2 aromatic carbocycles. The monoisotopic (exact) mass is 369 g/mol. The number of nitrogens with one attached hydrogen (secondary N) is 1. The van der Waals surface area contributed by atoms with Crippen LogP contribution in [0.15, 0.2) is 48.5 Å². The standard InChI is InChI=1S/C15H16INO2/c1-18-14-8-4-5-9-15(14)19-11-10-17-13-7-3-2-6-12(13)16/h2-9,17H,10-11H2,1H3. The third-order valence-electron chi connectivity index (χ3n) is 2.62. The Morgan fingerprint density at radius 2 is 1.68 bits per heavy atom. The smallest absolute Gasteiger partial charge is 0.161 e. The van der Waals surface area contributed by atoms with Gasteiger partial charge in [0.2, 0.25) is 0 Å². The van der Waals surface area contributed by atoms with E-state index < -0.39 is 0 Å². The van der Waals surface area contributed by atoms with Crippen LogP contribution in [-0.4, -0.2) is 20.3 Å². The van der Waals surface area contributed by atoms with Gasteiger partial charge >= 0.3 is 0 Å². The van der Waals surface area contributed by atoms with Gasteiger partial charge in [0.1, 0.15) is 6.61 Å². The summed E-state index contributed by atoms with van der Waals surface area (Å²) in [6, 6.07) is 15.8. The maximum absolute atomic E-state index is 5.70. The second kappa shape index (κ2) is 7.23. The Balaban J connectivity index is 1.83. The van der Waals surface area contributed by atoms with E-state index >= 15 is 0 Å². The van der Waals surface area contributed by atoms with Crippen molar-refractivity contribution in [2.24, 2.45) is 0 Å². The van der Waals surface area contributed by atoms with Gasteiger partial charge in [0.25, 0.3) is 0 Å². The van der Waals surface area contributed by atoms with Gasteiger partial charge in [-0.25, -0.2) is 0 Å². The van der Waals surface area contributed by atoms with Crippen LogP contribution in [0.25, 0.3) is 0 Å². The van der Waals surface area contributed by atoms with Crippen molar-refractivity contribution in [1.82, 2.24) is 0 Å². The van der Waals surface area contributed by atoms with Gasteiger partial charge in [0, 0.05) is 15.8 Å². The summed E-state index contributed by atoms with van der Waals surface area (Å²) >= 11 is 2.31. The molecule has 100 valence electrons. The molecule has 0 bridgehead atoms. The summed E-state index contributed by atoms with van der Waals surface area (Å²) in [6.07, 6.45) is 0. The van der Waals surface area contributed by atoms with E-state index in [-0.39, 0.29) is 0 Å². The van der Waals surface area contributed by atoms with Crippen LogP contribution in [0.5, 0.6) is 11.5 Å². The molecule has 0 saturated carbocycles. The second-order valence-corrected chi connectivity index (χ2v) is 5.07. The van der Waals surface area contributed by atoms with E-state index in [1.807, 2.05) is 36.4 Å². The molecule has 2 rings (SSSR count). The Labute approximate surface area is 127 Å². The number of hydrogen-bond donors (Lipinski definition) is 1. The van der Waals surface area contributed by atoms with E-state index in [2.05, 4.69) is 40.0 Å². The van der Waals surface area contributed by atoms with Crippen LogP contribution in [0.1, 0.15) is 0 Å². The Bertz CT molecular complexity index is 531. The molecule has 1 N–H and O–H groups in total. The molecule has 4 heteroatoms. The minimum absolute atomic E-state index is 0.589. The number of ether oxygens (including phenoxy) is 2. The molecule has 0 aliphatic rings. The van der Waals surface area contributed by atoms with E-state index in [0.717, 1.165) is 23.7 Å². The summed E-state index contributed by atoms with van der Waals surface area (Å²) in [7, 11) is 1.65. The quantitative estimate of drug-likeness (QED) is 0.621. The lowest BCUT2D eigenvalue weighted by molar-refractivity contribution is 0.306. The van der Waals surface area contributed by atoms with Crippen molar-refractivity contribution in [2.75, 3.05) is 25.6 Å². The van der Waals surface area contributed by atoms with Crippen molar-refractivity contribution >= 4 is 28.3 Å². The van der Waals surface area contributed by atoms with Crippen LogP contribution in [0, 0.1) is 3.57 Å². The van der Waals surface area contributed by atoms with Crippen LogP contribution < -0.4 is 14.8 Å². The van der Waals surface area contributed by atoms with Gasteiger partial charge < -0.3 is 14.8 Å². The van der Waals surface area contributed by atoms with Crippen LogP contribution in [-0.2, 0) is 0 Å². The van der Waals surface area contributed by atoms with Crippen molar-refractivity contribution < 1.29 is 9.47 Å². The van der Waals surface area contributed by atoms with Gasteiger partial charge in [-0.1, -0.05) is 24.3 Å². The highest BCUT2D eigenvalue weighted by atomic mass is 127. The van der Waals surface area contributed by atoms with E-state index in [4.69, 9.17) is 9.47 Å². The maximum Gasteiger partial charge on any atom is 0.161 e. The predicted molar refractivity (Wildman–Crippen MR) is 86.1 cm³/mol. The first-order valence-corrected chi connectivity index (χ1v) is 7.13. The van der Waals surface area contributed by atoms with Gasteiger partial charge in [0.05, 0.1) is 7.11 Å². The zero-order valence-corrected chi connectivity index (χ0v) is 12.9. The molecule has 3 nitrogen and oxygen atoms in total. The van der Waals surface area contributed by atoms with Crippen LogP contribution in [0.2, 0.25) is 0 Å². The summed E-state index contributed by atoms with van der Waals surface area (Å²) in [5, 5.41) is 3.35. The number of hydrogen-bond acceptors (Lipinski definition) is 3. The van der Waals surface area contributed by atoms with Crippen LogP contribution in [0.4, 0.5) is 5.69 Å². The molecule has 0 aliphatic heterocycles. The second-order valence-electron chi connectivity index (χ2n) is 3.91. The maximum atomic E-state index is 5.70. The molecule has 19 heavy (non-hydrogen) atoms. The molecule has 0 saturated heterocycles. The minimum Gasteiger partial charge on any atom is -0.493 e. The van der Waals surface area contributed by atoms with Crippen molar-refractivity contribution in [1.29, 1.82) is 0 Å². The average molecular weight is 369 g/mol. The van der Waals surface area contributed by atoms with Crippen molar-refractivity contribution in [3.05, 3.63) is 52.1 Å². The summed E-state index contributed by atoms with van der Waals surface area (Å²) in [5.74, 6) is 1.53. The Morgan fingerprint density at radius 1 is 1.00 bits per heavy atom. The lowest BCUT2D eigenvalue weighted by Gasteiger charge is -2.12. The zero-order chi connectivity index (χ0) is 13.5. The zero-order valence-electron chi connectivity index (χ0n) is 10.7. The van der Waals surface area contributed by atoms with E-state index in [1.54, 1.807) is 7.11 Å². The first-order valence-electron chi connectivity index (χ1n) is 6.05. The lowest BCUT2D eigenvalue weighted by atomic mass is 10.3. The van der Waals surface area contributed by atoms with Gasteiger partial charge in [-0.15, -0.1) is 0 Å². The summed E-state index contributed by atoms with van der Waals surface area (Å²) in [6.45, 7) is 1.34. The summed E-state index contributed by atoms with van der Waals surface area (Å²) < 4.78 is 12.1. The highest BCUT2D eigenvalue weighted by Crippen LogP contribution is 2.25. The Hall–Kier alpha value is -1.43. The molecule has 0 unspecified atom stereocenters. The minimum atomic E-state index is 0.589. The molecule has 2 aromatic rings. The fraction of sp³-hybridized carbons (Fsp3) is 0.200. The van der Waals surface area contributed by atoms with Crippen LogP contribution in [0.3, 0.4) is 0 Å². The van der Waals surface area contributed by atoms with E-state index in [1.165, 1.54) is 3.57 Å². The summed E-state index contributed by atoms with van der Waals surface area (Å²) in [5.41, 5.74) is 1.13. The fourth-order valence-corrected chi connectivity index (χ4v) is 2.27. The molecule has 0 radical (unpaired) electrons. The molecule has 0 heterocycles. The fourth-order valence-electron chi connectivity index (χ4n) is 1.69. The number of anilines is 1. The normalized spacial score (nSPS) is 10.0. The van der Waals surface area contributed by atoms with E-state index in [0.29, 0.717) is 6.61 Å². The molecular formula is C15H16INO2. The van der Waals surface area contributed by atoms with Crippen molar-refractivity contribution in [3.63, 3.8) is 0 Å². The van der Waals surface area contributed by atoms with Gasteiger partial charge in [-0.05, 0) is 46.9 Å². The third kappa shape index (κ3) is 4.02. The average Bonchev–Trinajstić information content (AvgIpc) is 2.45. The number of halogens is 1. The van der Waals surface area contributed by atoms with Gasteiger partial charge in [-0.3, -0.25) is 0 Å². The van der Waals surface area contributed by atoms with E-state index in [9.17, 15) is 0 Å². The lowest BCUT2D eigenvalue weighted by Crippen LogP contribution is -2.12. The molecule has 0 amide bonds. The Kier molecular flexibility index (Phi) is 5.32. The SMILES string of the molecule is COc1ccccc1OCCNc1ccccc1I. The highest BCUT2D eigenvalue weighted by Gasteiger charge is 2.02. The topological polar surface area (TPSA) is 30.5 Å². The first kappa shape index (κ1) is 14.0. The summed E-state index contributed by atoms with van der Waals surface area (Å²) in [4.78, 5) is 0. The highest BCUT2D eigenvalue weighted by molar-refractivity contribution is 14.1. The van der Waals surface area contributed by atoms with Gasteiger partial charge in [-0.2, -0.15) is 0 Å².